The maximum Gasteiger partial charge on any atom is 1.00 e. The van der Waals surface area contributed by atoms with Crippen molar-refractivity contribution < 1.29 is 53.4 Å². The number of ketones is 2. The van der Waals surface area contributed by atoms with Crippen LogP contribution in [-0.2, 0) is 38.0 Å². The normalized spacial score (nSPS) is 14.4. The van der Waals surface area contributed by atoms with E-state index >= 15 is 0 Å². The van der Waals surface area contributed by atoms with Crippen molar-refractivity contribution >= 4 is 99.1 Å². The van der Waals surface area contributed by atoms with E-state index in [1.165, 1.54) is 24.2 Å². The molecule has 64 heavy (non-hydrogen) atoms. The molecule has 0 aliphatic carbocycles. The molecule has 0 unspecified atom stereocenters. The van der Waals surface area contributed by atoms with E-state index in [1.807, 2.05) is 26.2 Å². The zero-order valence-electron chi connectivity index (χ0n) is 38.1. The van der Waals surface area contributed by atoms with Gasteiger partial charge in [0.15, 0.2) is 17.4 Å². The summed E-state index contributed by atoms with van der Waals surface area (Å²) < 4.78 is 8.34. The second kappa shape index (κ2) is 33.6. The summed E-state index contributed by atoms with van der Waals surface area (Å²) in [5.41, 5.74) is 4.42. The number of aliphatic hydroxyl groups excluding tert-OH is 1. The Labute approximate surface area is 416 Å². The maximum absolute atomic E-state index is 11.6. The van der Waals surface area contributed by atoms with Gasteiger partial charge in [-0.25, -0.2) is 9.97 Å². The monoisotopic (exact) mass is 1000 g/mol. The van der Waals surface area contributed by atoms with Crippen LogP contribution in [0.3, 0.4) is 0 Å². The van der Waals surface area contributed by atoms with Crippen molar-refractivity contribution in [3.63, 3.8) is 0 Å². The van der Waals surface area contributed by atoms with Gasteiger partial charge >= 0.3 is 29.3 Å². The predicted octanol–water partition coefficient (Wildman–Crippen LogP) is 5.03. The average molecular weight is 1000 g/mol. The van der Waals surface area contributed by atoms with Crippen molar-refractivity contribution in [1.29, 1.82) is 0 Å². The molecule has 3 fully saturated rings. The Balaban J connectivity index is 0. The molecular weight excluding hydrogens is 941 g/mol. The van der Waals surface area contributed by atoms with Gasteiger partial charge in [0.1, 0.15) is 25.8 Å². The summed E-state index contributed by atoms with van der Waals surface area (Å²) in [6, 6.07) is 16.6. The fourth-order valence-electron chi connectivity index (χ4n) is 6.21. The fourth-order valence-corrected chi connectivity index (χ4v) is 6.43. The zero-order valence-corrected chi connectivity index (χ0v) is 42.9. The van der Waals surface area contributed by atoms with Crippen LogP contribution < -0.4 is 28.7 Å². The van der Waals surface area contributed by atoms with Crippen molar-refractivity contribution in [3.05, 3.63) is 61.2 Å². The Bertz CT molecular complexity index is 1890. The van der Waals surface area contributed by atoms with Crippen molar-refractivity contribution in [3.8, 4) is 22.8 Å². The summed E-state index contributed by atoms with van der Waals surface area (Å²) >= 11 is 20.3. The molecule has 0 amide bonds. The number of aromatic nitrogens is 6. The molecule has 0 spiro atoms. The smallest absolute Gasteiger partial charge is 0.870 e. The van der Waals surface area contributed by atoms with Crippen LogP contribution in [0.2, 0.25) is 19.6 Å². The van der Waals surface area contributed by atoms with Crippen molar-refractivity contribution in [2.75, 3.05) is 62.2 Å². The van der Waals surface area contributed by atoms with Crippen LogP contribution in [0.25, 0.3) is 22.8 Å². The van der Waals surface area contributed by atoms with Crippen LogP contribution in [-0.4, -0.2) is 122 Å². The first-order chi connectivity index (χ1) is 28.9. The third kappa shape index (κ3) is 24.6. The summed E-state index contributed by atoms with van der Waals surface area (Å²) in [5.74, 6) is 2.50. The van der Waals surface area contributed by atoms with Gasteiger partial charge in [-0.05, 0) is 117 Å². The predicted molar refractivity (Wildman–Crippen MR) is 257 cm³/mol. The first-order valence-electron chi connectivity index (χ1n) is 20.1. The Morgan fingerprint density at radius 2 is 1.03 bits per heavy atom. The van der Waals surface area contributed by atoms with Gasteiger partial charge in [-0.1, -0.05) is 19.6 Å². The Hall–Kier alpha value is -2.86. The molecule has 4 aromatic rings. The fraction of sp³-hybridized carbons (Fsp3) is 0.524. The number of carbonyl (C=O) groups excluding carboxylic acids is 4. The molecule has 22 heteroatoms. The standard InChI is InChI=1S/C16H19ClN4O.C16H20N4O.C4H8O.C3H9ClSi.C2Cl2O2.CH4O.ClH.Li.H2O/c1-20-11-18-16(19-20)13-2-4-14(5-3-13)21-8-6-12(7-9-21)15(22)10-17;1-12(21)13-7-9-20(10-8-13)15-5-3-14(4-6-15)16-17-11-19(2)18-16;1-2-4-5-3-1;1-5(2,3)4;3-1(5)2(4)6;1-2;;;/h2-5,11-12H,6-10H2,1H3;3-6,11,13H,7-10H2,1-2H3;1-4H2;1-3H3;;2H,1H3;1H;;1H2/q;;;;;;;+1;/p-1. The van der Waals surface area contributed by atoms with E-state index in [2.05, 4.69) is 109 Å². The minimum Gasteiger partial charge on any atom is -0.870 e. The maximum atomic E-state index is 11.6. The molecule has 15 nitrogen and oxygen atoms in total. The van der Waals surface area contributed by atoms with E-state index in [4.69, 9.17) is 32.5 Å². The number of halogens is 5. The number of piperidine rings is 2. The molecule has 5 heterocycles. The van der Waals surface area contributed by atoms with Crippen molar-refractivity contribution in [2.24, 2.45) is 25.9 Å². The van der Waals surface area contributed by atoms with Gasteiger partial charge in [0.2, 0.25) is 0 Å². The third-order valence-corrected chi connectivity index (χ3v) is 10.0. The Morgan fingerprint density at radius 3 is 1.27 bits per heavy atom. The number of Topliss-reactive ketones (excluding diaryl/α,β-unsaturated/α-hetero) is 2. The van der Waals surface area contributed by atoms with Gasteiger partial charge in [0.05, 0.1) is 5.88 Å². The van der Waals surface area contributed by atoms with Crippen LogP contribution in [0.5, 0.6) is 0 Å². The van der Waals surface area contributed by atoms with Gasteiger partial charge < -0.3 is 25.1 Å². The van der Waals surface area contributed by atoms with Gasteiger partial charge in [0, 0.05) is 94.9 Å². The molecule has 0 bridgehead atoms. The second-order valence-electron chi connectivity index (χ2n) is 15.2. The Kier molecular flexibility index (Phi) is 33.2. The van der Waals surface area contributed by atoms with Gasteiger partial charge in [-0.2, -0.15) is 21.3 Å². The number of alkyl halides is 1. The number of rotatable bonds is 8. The minimum atomic E-state index is -1.14. The average Bonchev–Trinajstić information content (AvgIpc) is 4.07. The topological polar surface area (TPSA) is 196 Å². The summed E-state index contributed by atoms with van der Waals surface area (Å²) in [6.07, 6.45) is 9.64. The van der Waals surface area contributed by atoms with Crippen molar-refractivity contribution in [1.82, 2.24) is 29.5 Å². The number of aliphatic hydroxyl groups is 1. The largest absolute Gasteiger partial charge is 1.00 e. The van der Waals surface area contributed by atoms with E-state index in [9.17, 15) is 19.2 Å². The van der Waals surface area contributed by atoms with Gasteiger partial charge in [-0.3, -0.25) is 28.5 Å². The van der Waals surface area contributed by atoms with Crippen LogP contribution in [0.4, 0.5) is 11.4 Å². The van der Waals surface area contributed by atoms with E-state index in [0.717, 1.165) is 95.0 Å². The number of carbonyl (C=O) groups is 4. The molecule has 2 aromatic heterocycles. The number of anilines is 2. The summed E-state index contributed by atoms with van der Waals surface area (Å²) in [6.45, 7) is 13.7. The Morgan fingerprint density at radius 1 is 0.703 bits per heavy atom. The van der Waals surface area contributed by atoms with Gasteiger partial charge in [0.25, 0.3) is 0 Å². The summed E-state index contributed by atoms with van der Waals surface area (Å²) in [5, 5.41) is 13.3. The molecule has 0 saturated carbocycles. The number of aryl methyl sites for hydroxylation is 2. The zero-order chi connectivity index (χ0) is 45.5. The number of ether oxygens (including phenoxy) is 1. The molecule has 2 N–H and O–H groups in total. The molecule has 2 aromatic carbocycles. The van der Waals surface area contributed by atoms with E-state index in [1.54, 1.807) is 28.9 Å². The molecule has 3 aliphatic heterocycles. The SMILES string of the molecule is C1CCOC1.CC(=O)C1CCN(c2ccc(-c3ncn(C)n3)cc2)CC1.CO.C[Si](C)(C)Cl.Cl.Cn1cnc(-c2ccc(N3CCC(C(=O)CCl)CC3)cc2)n1.O=C(Cl)C(=O)Cl.[Li+].[OH-]. The van der Waals surface area contributed by atoms with Crippen LogP contribution >= 0.6 is 58.3 Å². The van der Waals surface area contributed by atoms with Crippen molar-refractivity contribution in [2.45, 2.75) is 65.1 Å². The van der Waals surface area contributed by atoms with E-state index < -0.39 is 17.9 Å². The molecule has 7 rings (SSSR count). The molecular formula is C42H62Cl5LiN8O7Si. The number of benzene rings is 2. The summed E-state index contributed by atoms with van der Waals surface area (Å²) in [7, 11) is 3.58. The first-order valence-corrected chi connectivity index (χ1v) is 25.9. The van der Waals surface area contributed by atoms with E-state index in [-0.39, 0.29) is 60.2 Å². The van der Waals surface area contributed by atoms with E-state index in [0.29, 0.717) is 5.78 Å². The van der Waals surface area contributed by atoms with Crippen LogP contribution in [0.15, 0.2) is 61.2 Å². The summed E-state index contributed by atoms with van der Waals surface area (Å²) in [4.78, 5) is 55.1. The molecule has 0 radical (unpaired) electrons. The number of nitrogens with zero attached hydrogens (tertiary/aromatic N) is 8. The van der Waals surface area contributed by atoms with Gasteiger partial charge in [-0.15, -0.1) is 24.0 Å². The van der Waals surface area contributed by atoms with Crippen LogP contribution in [0.1, 0.15) is 45.4 Å². The molecule has 352 valence electrons. The third-order valence-electron chi connectivity index (χ3n) is 9.31. The first kappa shape index (κ1) is 63.2. The van der Waals surface area contributed by atoms with Crippen LogP contribution in [0, 0.1) is 11.8 Å². The second-order valence-corrected chi connectivity index (χ2v) is 23.7. The molecule has 0 atom stereocenters. The number of hydrogen-bond donors (Lipinski definition) is 1. The number of hydrogen-bond acceptors (Lipinski definition) is 13. The molecule has 3 saturated heterocycles. The minimum absolute atomic E-state index is 0. The molecule has 3 aliphatic rings. The quantitative estimate of drug-likeness (QED) is 0.0813.